The van der Waals surface area contributed by atoms with E-state index in [0.29, 0.717) is 12.2 Å². The first-order valence-corrected chi connectivity index (χ1v) is 9.35. The molecular weight excluding hydrogens is 338 g/mol. The van der Waals surface area contributed by atoms with E-state index in [1.54, 1.807) is 17.4 Å². The van der Waals surface area contributed by atoms with E-state index in [4.69, 9.17) is 9.05 Å². The Balaban J connectivity index is 1.64. The minimum atomic E-state index is -0.131. The molecule has 3 aromatic rings. The van der Waals surface area contributed by atoms with Crippen LogP contribution >= 0.6 is 11.3 Å². The van der Waals surface area contributed by atoms with Crippen LogP contribution in [0.4, 0.5) is 0 Å². The molecule has 0 spiro atoms. The van der Waals surface area contributed by atoms with Crippen LogP contribution in [0.25, 0.3) is 10.6 Å². The van der Waals surface area contributed by atoms with E-state index in [2.05, 4.69) is 10.3 Å². The average Bonchev–Trinajstić information content (AvgIpc) is 3.33. The predicted octanol–water partition coefficient (Wildman–Crippen LogP) is 4.46. The van der Waals surface area contributed by atoms with Crippen LogP contribution in [0.1, 0.15) is 53.7 Å². The van der Waals surface area contributed by atoms with Crippen LogP contribution in [0.15, 0.2) is 38.7 Å². The molecule has 0 bridgehead atoms. The highest BCUT2D eigenvalue weighted by Crippen LogP contribution is 2.34. The molecule has 25 heavy (non-hydrogen) atoms. The summed E-state index contributed by atoms with van der Waals surface area (Å²) in [6.07, 6.45) is 4.01. The fourth-order valence-electron chi connectivity index (χ4n) is 3.25. The molecule has 1 aliphatic rings. The van der Waals surface area contributed by atoms with Crippen molar-refractivity contribution in [2.45, 2.75) is 38.6 Å². The van der Waals surface area contributed by atoms with Crippen molar-refractivity contribution < 1.29 is 13.8 Å². The van der Waals surface area contributed by atoms with Crippen LogP contribution in [0, 0.1) is 6.92 Å². The van der Waals surface area contributed by atoms with Gasteiger partial charge in [-0.2, -0.15) is 0 Å². The summed E-state index contributed by atoms with van der Waals surface area (Å²) in [5.41, 5.74) is 1.51. The molecule has 130 valence electrons. The summed E-state index contributed by atoms with van der Waals surface area (Å²) in [5.74, 6) is 0.900. The van der Waals surface area contributed by atoms with Crippen molar-refractivity contribution in [3.63, 3.8) is 0 Å². The Kier molecular flexibility index (Phi) is 4.40. The molecule has 6 nitrogen and oxygen atoms in total. The maximum Gasteiger partial charge on any atom is 0.293 e. The Morgan fingerprint density at radius 2 is 2.16 bits per heavy atom. The van der Waals surface area contributed by atoms with Crippen molar-refractivity contribution in [2.75, 3.05) is 6.54 Å². The second-order valence-electron chi connectivity index (χ2n) is 6.29. The minimum absolute atomic E-state index is 0.0992. The fourth-order valence-corrected chi connectivity index (χ4v) is 3.92. The summed E-state index contributed by atoms with van der Waals surface area (Å²) >= 11 is 1.61. The molecule has 4 heterocycles. The van der Waals surface area contributed by atoms with Crippen LogP contribution in [0.3, 0.4) is 0 Å². The van der Waals surface area contributed by atoms with Gasteiger partial charge >= 0.3 is 0 Å². The second-order valence-corrected chi connectivity index (χ2v) is 7.24. The molecule has 1 amide bonds. The van der Waals surface area contributed by atoms with Gasteiger partial charge in [0.15, 0.2) is 5.76 Å². The number of amides is 1. The number of hydrogen-bond acceptors (Lipinski definition) is 6. The highest BCUT2D eigenvalue weighted by atomic mass is 32.1. The summed E-state index contributed by atoms with van der Waals surface area (Å²) in [4.78, 5) is 15.8. The van der Waals surface area contributed by atoms with Crippen LogP contribution < -0.4 is 0 Å². The number of aryl methyl sites for hydroxylation is 1. The molecule has 7 heteroatoms. The molecule has 4 rings (SSSR count). The molecular formula is C18H19N3O3S. The van der Waals surface area contributed by atoms with Crippen molar-refractivity contribution in [2.24, 2.45) is 0 Å². The highest BCUT2D eigenvalue weighted by molar-refractivity contribution is 7.13. The molecule has 0 aliphatic carbocycles. The van der Waals surface area contributed by atoms with E-state index >= 15 is 0 Å². The molecule has 0 unspecified atom stereocenters. The summed E-state index contributed by atoms with van der Waals surface area (Å²) in [6.45, 7) is 2.50. The monoisotopic (exact) mass is 357 g/mol. The molecule has 1 atom stereocenters. The van der Waals surface area contributed by atoms with E-state index in [-0.39, 0.29) is 17.7 Å². The SMILES string of the molecule is Cc1cc(C(=O)N2CCCCC[C@@H]2c2cc(-c3cccs3)on2)on1. The zero-order valence-electron chi connectivity index (χ0n) is 14.0. The number of rotatable bonds is 3. The molecule has 1 fully saturated rings. The Morgan fingerprint density at radius 3 is 2.92 bits per heavy atom. The molecule has 0 aromatic carbocycles. The number of thiophene rings is 1. The summed E-state index contributed by atoms with van der Waals surface area (Å²) < 4.78 is 10.7. The Bertz CT molecular complexity index is 853. The maximum absolute atomic E-state index is 12.9. The Morgan fingerprint density at radius 1 is 1.24 bits per heavy atom. The lowest BCUT2D eigenvalue weighted by molar-refractivity contribution is 0.0631. The molecule has 0 N–H and O–H groups in total. The van der Waals surface area contributed by atoms with Crippen LogP contribution in [-0.2, 0) is 0 Å². The van der Waals surface area contributed by atoms with E-state index in [1.807, 2.05) is 35.4 Å². The third kappa shape index (κ3) is 3.24. The third-order valence-corrected chi connectivity index (χ3v) is 5.37. The van der Waals surface area contributed by atoms with Gasteiger partial charge in [0.1, 0.15) is 5.69 Å². The normalized spacial score (nSPS) is 18.3. The van der Waals surface area contributed by atoms with E-state index in [0.717, 1.165) is 42.0 Å². The fraction of sp³-hybridized carbons (Fsp3) is 0.389. The number of carbonyl (C=O) groups is 1. The number of carbonyl (C=O) groups excluding carboxylic acids is 1. The van der Waals surface area contributed by atoms with Crippen molar-refractivity contribution in [3.05, 3.63) is 46.8 Å². The largest absolute Gasteiger partial charge is 0.355 e. The topological polar surface area (TPSA) is 72.4 Å². The summed E-state index contributed by atoms with van der Waals surface area (Å²) in [5, 5.41) is 10.1. The van der Waals surface area contributed by atoms with Crippen LogP contribution in [-0.4, -0.2) is 27.7 Å². The Hall–Kier alpha value is -2.41. The minimum Gasteiger partial charge on any atom is -0.355 e. The lowest BCUT2D eigenvalue weighted by Crippen LogP contribution is -2.34. The number of nitrogens with zero attached hydrogens (tertiary/aromatic N) is 3. The number of aromatic nitrogens is 2. The second kappa shape index (κ2) is 6.84. The van der Waals surface area contributed by atoms with Gasteiger partial charge in [-0.15, -0.1) is 11.3 Å². The van der Waals surface area contributed by atoms with Gasteiger partial charge in [-0.05, 0) is 31.2 Å². The lowest BCUT2D eigenvalue weighted by atomic mass is 10.1. The lowest BCUT2D eigenvalue weighted by Gasteiger charge is -2.27. The smallest absolute Gasteiger partial charge is 0.293 e. The third-order valence-electron chi connectivity index (χ3n) is 4.49. The molecule has 1 aliphatic heterocycles. The average molecular weight is 357 g/mol. The van der Waals surface area contributed by atoms with Crippen LogP contribution in [0.2, 0.25) is 0 Å². The first-order valence-electron chi connectivity index (χ1n) is 8.47. The summed E-state index contributed by atoms with van der Waals surface area (Å²) in [6, 6.07) is 7.52. The maximum atomic E-state index is 12.9. The van der Waals surface area contributed by atoms with Gasteiger partial charge in [0.25, 0.3) is 5.91 Å². The highest BCUT2D eigenvalue weighted by Gasteiger charge is 2.31. The summed E-state index contributed by atoms with van der Waals surface area (Å²) in [7, 11) is 0. The van der Waals surface area contributed by atoms with Crippen molar-refractivity contribution >= 4 is 17.2 Å². The zero-order valence-corrected chi connectivity index (χ0v) is 14.8. The van der Waals surface area contributed by atoms with Crippen molar-refractivity contribution in [1.82, 2.24) is 15.2 Å². The van der Waals surface area contributed by atoms with Gasteiger partial charge in [0.2, 0.25) is 5.76 Å². The van der Waals surface area contributed by atoms with Gasteiger partial charge < -0.3 is 13.9 Å². The molecule has 3 aromatic heterocycles. The predicted molar refractivity (Wildman–Crippen MR) is 93.3 cm³/mol. The number of likely N-dealkylation sites (tertiary alicyclic amines) is 1. The molecule has 1 saturated heterocycles. The first kappa shape index (κ1) is 16.1. The van der Waals surface area contributed by atoms with Gasteiger partial charge in [-0.3, -0.25) is 4.79 Å². The number of hydrogen-bond donors (Lipinski definition) is 0. The molecule has 0 radical (unpaired) electrons. The zero-order chi connectivity index (χ0) is 17.2. The van der Waals surface area contributed by atoms with Crippen molar-refractivity contribution in [3.8, 4) is 10.6 Å². The van der Waals surface area contributed by atoms with Crippen molar-refractivity contribution in [1.29, 1.82) is 0 Å². The van der Waals surface area contributed by atoms with E-state index in [1.165, 1.54) is 0 Å². The van der Waals surface area contributed by atoms with Gasteiger partial charge in [-0.1, -0.05) is 29.2 Å². The van der Waals surface area contributed by atoms with E-state index in [9.17, 15) is 4.79 Å². The van der Waals surface area contributed by atoms with Gasteiger partial charge in [-0.25, -0.2) is 0 Å². The quantitative estimate of drug-likeness (QED) is 0.692. The van der Waals surface area contributed by atoms with Gasteiger partial charge in [0.05, 0.1) is 16.6 Å². The van der Waals surface area contributed by atoms with Gasteiger partial charge in [0, 0.05) is 18.7 Å². The van der Waals surface area contributed by atoms with Crippen LogP contribution in [0.5, 0.6) is 0 Å². The first-order chi connectivity index (χ1) is 12.2. The molecule has 0 saturated carbocycles. The standard InChI is InChI=1S/C18H19N3O3S/c1-12-10-16(24-19-12)18(22)21-8-4-2-3-6-14(21)13-11-15(23-20-13)17-7-5-9-25-17/h5,7,9-11,14H,2-4,6,8H2,1H3/t14-/m1/s1. The van der Waals surface area contributed by atoms with E-state index < -0.39 is 0 Å². The Labute approximate surface area is 149 Å².